The van der Waals surface area contributed by atoms with E-state index in [9.17, 15) is 17.6 Å². The van der Waals surface area contributed by atoms with Gasteiger partial charge in [0.2, 0.25) is 9.84 Å². The van der Waals surface area contributed by atoms with E-state index in [0.29, 0.717) is 41.0 Å². The Morgan fingerprint density at radius 1 is 1.13 bits per heavy atom. The largest absolute Gasteiger partial charge is 0.338 e. The van der Waals surface area contributed by atoms with Gasteiger partial charge in [0, 0.05) is 30.0 Å². The number of fused-ring (bicyclic) bond motifs is 1. The molecule has 2 aliphatic rings. The fraction of sp³-hybridized carbons (Fsp3) is 0.318. The lowest BCUT2D eigenvalue weighted by Crippen LogP contribution is -2.41. The van der Waals surface area contributed by atoms with Gasteiger partial charge in [-0.15, -0.1) is 0 Å². The quantitative estimate of drug-likeness (QED) is 0.661. The lowest BCUT2D eigenvalue weighted by molar-refractivity contribution is -0.127. The Kier molecular flexibility index (Phi) is 5.36. The molecule has 8 heteroatoms. The van der Waals surface area contributed by atoms with Crippen LogP contribution in [0.25, 0.3) is 0 Å². The maximum Gasteiger partial charge on any atom is 0.267 e. The van der Waals surface area contributed by atoms with Gasteiger partial charge in [-0.05, 0) is 67.6 Å². The Morgan fingerprint density at radius 3 is 2.50 bits per heavy atom. The molecule has 0 unspecified atom stereocenters. The number of amides is 1. The van der Waals surface area contributed by atoms with Crippen molar-refractivity contribution in [3.05, 3.63) is 63.9 Å². The summed E-state index contributed by atoms with van der Waals surface area (Å²) >= 11 is 6.14. The predicted molar refractivity (Wildman–Crippen MR) is 115 cm³/mol. The van der Waals surface area contributed by atoms with E-state index in [4.69, 9.17) is 11.6 Å². The third kappa shape index (κ3) is 3.61. The van der Waals surface area contributed by atoms with Crippen molar-refractivity contribution in [2.45, 2.75) is 31.6 Å². The average molecular weight is 449 g/mol. The van der Waals surface area contributed by atoms with E-state index >= 15 is 0 Å². The zero-order valence-electron chi connectivity index (χ0n) is 16.7. The second-order valence-electron chi connectivity index (χ2n) is 7.89. The number of nitrogens with zero attached hydrogens (tertiary/aromatic N) is 2. The van der Waals surface area contributed by atoms with E-state index in [0.717, 1.165) is 12.8 Å². The van der Waals surface area contributed by atoms with Gasteiger partial charge < -0.3 is 9.80 Å². The molecule has 2 aromatic carbocycles. The molecule has 1 fully saturated rings. The van der Waals surface area contributed by atoms with Crippen molar-refractivity contribution in [3.63, 3.8) is 0 Å². The molecule has 0 spiro atoms. The van der Waals surface area contributed by atoms with Gasteiger partial charge in [0.15, 0.2) is 4.91 Å². The van der Waals surface area contributed by atoms with E-state index in [1.165, 1.54) is 30.5 Å². The molecule has 2 heterocycles. The molecule has 2 aliphatic heterocycles. The Balaban J connectivity index is 1.85. The zero-order chi connectivity index (χ0) is 21.6. The van der Waals surface area contributed by atoms with E-state index in [1.54, 1.807) is 28.9 Å². The summed E-state index contributed by atoms with van der Waals surface area (Å²) in [6.07, 6.45) is 3.01. The van der Waals surface area contributed by atoms with E-state index in [-0.39, 0.29) is 15.6 Å². The number of likely N-dealkylation sites (tertiary alicyclic amines) is 1. The van der Waals surface area contributed by atoms with Gasteiger partial charge in [0.05, 0.1) is 10.6 Å². The predicted octanol–water partition coefficient (Wildman–Crippen LogP) is 4.81. The molecule has 0 aromatic heterocycles. The molecule has 0 atom stereocenters. The highest BCUT2D eigenvalue weighted by Gasteiger charge is 2.38. The molecule has 0 N–H and O–H groups in total. The first-order valence-corrected chi connectivity index (χ1v) is 11.7. The van der Waals surface area contributed by atoms with Crippen molar-refractivity contribution in [1.29, 1.82) is 0 Å². The van der Waals surface area contributed by atoms with Crippen molar-refractivity contribution < 1.29 is 17.6 Å². The summed E-state index contributed by atoms with van der Waals surface area (Å²) in [5.74, 6) is -0.365. The summed E-state index contributed by atoms with van der Waals surface area (Å²) in [7, 11) is -4.03. The fourth-order valence-electron chi connectivity index (χ4n) is 3.81. The second-order valence-corrected chi connectivity index (χ2v) is 10.2. The first kappa shape index (κ1) is 20.9. The van der Waals surface area contributed by atoms with Gasteiger partial charge in [-0.1, -0.05) is 18.5 Å². The summed E-state index contributed by atoms with van der Waals surface area (Å²) < 4.78 is 40.4. The van der Waals surface area contributed by atoms with Crippen molar-refractivity contribution in [2.75, 3.05) is 18.0 Å². The molecule has 2 aromatic rings. The zero-order valence-corrected chi connectivity index (χ0v) is 18.3. The summed E-state index contributed by atoms with van der Waals surface area (Å²) in [6.45, 7) is 4.80. The lowest BCUT2D eigenvalue weighted by Gasteiger charge is -2.34. The number of sulfone groups is 1. The van der Waals surface area contributed by atoms with Crippen LogP contribution in [-0.2, 0) is 14.6 Å². The highest BCUT2D eigenvalue weighted by atomic mass is 35.5. The molecule has 0 radical (unpaired) electrons. The standard InChI is InChI=1S/C22H22ClFN2O3S/c1-14-7-9-25(10-8-14)22(27)21-13-26(17-4-5-18(24)15(2)11-17)19-12-16(23)3-6-20(19)30(21,28)29/h3-6,11-14H,7-10H2,1-2H3. The van der Waals surface area contributed by atoms with E-state index in [2.05, 4.69) is 6.92 Å². The molecule has 0 aliphatic carbocycles. The molecule has 4 rings (SSSR count). The summed E-state index contributed by atoms with van der Waals surface area (Å²) in [5, 5.41) is 0.362. The number of hydrogen-bond acceptors (Lipinski definition) is 4. The Bertz CT molecular complexity index is 1150. The smallest absolute Gasteiger partial charge is 0.267 e. The van der Waals surface area contributed by atoms with Crippen LogP contribution in [0.1, 0.15) is 25.3 Å². The van der Waals surface area contributed by atoms with Crippen LogP contribution < -0.4 is 4.90 Å². The first-order valence-electron chi connectivity index (χ1n) is 9.79. The molecular weight excluding hydrogens is 427 g/mol. The molecule has 1 amide bonds. The van der Waals surface area contributed by atoms with Crippen LogP contribution in [-0.4, -0.2) is 32.3 Å². The fourth-order valence-corrected chi connectivity index (χ4v) is 5.50. The van der Waals surface area contributed by atoms with Crippen molar-refractivity contribution in [3.8, 4) is 0 Å². The number of anilines is 2. The molecule has 30 heavy (non-hydrogen) atoms. The molecule has 158 valence electrons. The molecule has 0 bridgehead atoms. The normalized spacial score (nSPS) is 18.7. The number of benzene rings is 2. The maximum absolute atomic E-state index is 13.8. The Morgan fingerprint density at radius 2 is 1.83 bits per heavy atom. The summed E-state index contributed by atoms with van der Waals surface area (Å²) in [6, 6.07) is 8.91. The van der Waals surface area contributed by atoms with Crippen molar-refractivity contribution >= 4 is 38.7 Å². The maximum atomic E-state index is 13.8. The Hall–Kier alpha value is -2.38. The van der Waals surface area contributed by atoms with Gasteiger partial charge in [-0.2, -0.15) is 0 Å². The topological polar surface area (TPSA) is 57.7 Å². The van der Waals surface area contributed by atoms with Crippen LogP contribution in [0.4, 0.5) is 15.8 Å². The number of carbonyl (C=O) groups excluding carboxylic acids is 1. The van der Waals surface area contributed by atoms with Gasteiger partial charge in [0.1, 0.15) is 5.82 Å². The third-order valence-corrected chi connectivity index (χ3v) is 7.73. The van der Waals surface area contributed by atoms with Gasteiger partial charge in [0.25, 0.3) is 5.91 Å². The Labute approximate surface area is 180 Å². The number of aryl methyl sites for hydroxylation is 1. The minimum atomic E-state index is -4.03. The molecule has 5 nitrogen and oxygen atoms in total. The van der Waals surface area contributed by atoms with E-state index in [1.807, 2.05) is 0 Å². The van der Waals surface area contributed by atoms with Crippen LogP contribution in [0.2, 0.25) is 5.02 Å². The van der Waals surface area contributed by atoms with Crippen LogP contribution in [0.3, 0.4) is 0 Å². The summed E-state index contributed by atoms with van der Waals surface area (Å²) in [5.41, 5.74) is 1.29. The minimum absolute atomic E-state index is 0.00473. The first-order chi connectivity index (χ1) is 14.2. The van der Waals surface area contributed by atoms with Crippen LogP contribution in [0.5, 0.6) is 0 Å². The lowest BCUT2D eigenvalue weighted by atomic mass is 9.99. The second kappa shape index (κ2) is 7.71. The average Bonchev–Trinajstić information content (AvgIpc) is 2.70. The number of hydrogen-bond donors (Lipinski definition) is 0. The molecule has 1 saturated heterocycles. The monoisotopic (exact) mass is 448 g/mol. The van der Waals surface area contributed by atoms with E-state index < -0.39 is 15.7 Å². The van der Waals surface area contributed by atoms with Crippen LogP contribution >= 0.6 is 11.6 Å². The molecular formula is C22H22ClFN2O3S. The van der Waals surface area contributed by atoms with Gasteiger partial charge in [-0.3, -0.25) is 4.79 Å². The highest BCUT2D eigenvalue weighted by Crippen LogP contribution is 2.41. The van der Waals surface area contributed by atoms with Crippen LogP contribution in [0, 0.1) is 18.7 Å². The van der Waals surface area contributed by atoms with Crippen LogP contribution in [0.15, 0.2) is 52.4 Å². The minimum Gasteiger partial charge on any atom is -0.338 e. The number of halogens is 2. The van der Waals surface area contributed by atoms with Crippen molar-refractivity contribution in [1.82, 2.24) is 4.90 Å². The van der Waals surface area contributed by atoms with Gasteiger partial charge >= 0.3 is 0 Å². The third-order valence-electron chi connectivity index (χ3n) is 5.71. The highest BCUT2D eigenvalue weighted by molar-refractivity contribution is 7.96. The number of piperidine rings is 1. The van der Waals surface area contributed by atoms with Crippen molar-refractivity contribution in [2.24, 2.45) is 5.92 Å². The number of carbonyl (C=O) groups is 1. The summed E-state index contributed by atoms with van der Waals surface area (Å²) in [4.78, 5) is 16.1. The number of rotatable bonds is 2. The molecule has 0 saturated carbocycles. The van der Waals surface area contributed by atoms with Gasteiger partial charge in [-0.25, -0.2) is 12.8 Å². The SMILES string of the molecule is Cc1cc(N2C=C(C(=O)N3CCC(C)CC3)S(=O)(=O)c3ccc(Cl)cc32)ccc1F.